The number of phenolic OH excluding ortho intramolecular Hbond substituents is 1. The molecule has 0 unspecified atom stereocenters. The third kappa shape index (κ3) is 8.91. The Hall–Kier alpha value is -4.69. The van der Waals surface area contributed by atoms with E-state index >= 15 is 0 Å². The van der Waals surface area contributed by atoms with Gasteiger partial charge in [-0.15, -0.1) is 0 Å². The zero-order valence-electron chi connectivity index (χ0n) is 24.7. The summed E-state index contributed by atoms with van der Waals surface area (Å²) >= 11 is 0. The number of carbonyl (C=O) groups is 2. The number of piperidine rings is 1. The Bertz CT molecular complexity index is 1540. The lowest BCUT2D eigenvalue weighted by Gasteiger charge is -2.31. The highest BCUT2D eigenvalue weighted by Crippen LogP contribution is 2.28. The molecule has 1 aliphatic heterocycles. The molecule has 4 aromatic rings. The lowest BCUT2D eigenvalue weighted by molar-refractivity contribution is -0.120. The van der Waals surface area contributed by atoms with Crippen LogP contribution in [-0.2, 0) is 28.8 Å². The number of hydrogen-bond acceptors (Lipinski definition) is 5. The molecule has 0 aromatic heterocycles. The summed E-state index contributed by atoms with van der Waals surface area (Å²) < 4.78 is 19.2. The van der Waals surface area contributed by atoms with Crippen molar-refractivity contribution in [3.05, 3.63) is 120 Å². The van der Waals surface area contributed by atoms with Crippen molar-refractivity contribution in [2.75, 3.05) is 31.5 Å². The second-order valence-electron chi connectivity index (χ2n) is 11.1. The topological polar surface area (TPSA) is 90.9 Å². The van der Waals surface area contributed by atoms with E-state index < -0.39 is 17.7 Å². The molecular formula is C36H38FN3O4. The number of carbonyl (C=O) groups excluding carboxylic acids is 2. The van der Waals surface area contributed by atoms with Gasteiger partial charge in [0.2, 0.25) is 5.91 Å². The molecule has 0 atom stereocenters. The fourth-order valence-corrected chi connectivity index (χ4v) is 5.42. The number of likely N-dealkylation sites (tertiary alicyclic amines) is 1. The first-order chi connectivity index (χ1) is 21.4. The number of hydrogen-bond donors (Lipinski definition) is 3. The van der Waals surface area contributed by atoms with E-state index in [0.717, 1.165) is 61.3 Å². The number of anilines is 1. The van der Waals surface area contributed by atoms with Crippen molar-refractivity contribution in [3.8, 4) is 16.9 Å². The number of para-hydroxylation sites is 1. The van der Waals surface area contributed by atoms with Crippen LogP contribution >= 0.6 is 0 Å². The van der Waals surface area contributed by atoms with Crippen LogP contribution in [0.1, 0.15) is 29.5 Å². The van der Waals surface area contributed by atoms with Gasteiger partial charge in [0.05, 0.1) is 12.1 Å². The number of amides is 2. The molecule has 1 fully saturated rings. The minimum absolute atomic E-state index is 0.0655. The number of nitrogens with one attached hydrogen (secondary N) is 2. The number of benzene rings is 4. The summed E-state index contributed by atoms with van der Waals surface area (Å²) in [6.07, 6.45) is 2.80. The molecule has 8 heteroatoms. The highest BCUT2D eigenvalue weighted by Gasteiger charge is 2.22. The Morgan fingerprint density at radius 2 is 1.50 bits per heavy atom. The van der Waals surface area contributed by atoms with E-state index in [1.165, 1.54) is 17.7 Å². The van der Waals surface area contributed by atoms with Crippen molar-refractivity contribution in [2.24, 2.45) is 0 Å². The SMILES string of the molecule is O=C(Cc1ccc(O)c(F)c1)NCCc1ccc(CCN2CCC(OC(=O)Nc3ccccc3-c3ccccc3)CC2)cc1. The molecule has 4 aromatic carbocycles. The van der Waals surface area contributed by atoms with Gasteiger partial charge in [0.25, 0.3) is 0 Å². The molecular weight excluding hydrogens is 557 g/mol. The van der Waals surface area contributed by atoms with Crippen LogP contribution in [-0.4, -0.2) is 54.3 Å². The summed E-state index contributed by atoms with van der Waals surface area (Å²) in [7, 11) is 0. The van der Waals surface area contributed by atoms with Crippen LogP contribution < -0.4 is 10.6 Å². The molecule has 7 nitrogen and oxygen atoms in total. The predicted octanol–water partition coefficient (Wildman–Crippen LogP) is 6.36. The molecule has 0 spiro atoms. The summed E-state index contributed by atoms with van der Waals surface area (Å²) in [5.74, 6) is -1.33. The Balaban J connectivity index is 0.983. The molecule has 0 aliphatic carbocycles. The first kappa shape index (κ1) is 30.8. The van der Waals surface area contributed by atoms with Crippen molar-refractivity contribution in [1.82, 2.24) is 10.2 Å². The van der Waals surface area contributed by atoms with Gasteiger partial charge in [-0.1, -0.05) is 78.9 Å². The van der Waals surface area contributed by atoms with Gasteiger partial charge < -0.3 is 20.1 Å². The number of ether oxygens (including phenoxy) is 1. The van der Waals surface area contributed by atoms with Gasteiger partial charge in [-0.2, -0.15) is 0 Å². The smallest absolute Gasteiger partial charge is 0.411 e. The Labute approximate surface area is 257 Å². The lowest BCUT2D eigenvalue weighted by atomic mass is 10.0. The van der Waals surface area contributed by atoms with E-state index in [0.29, 0.717) is 18.5 Å². The average Bonchev–Trinajstić information content (AvgIpc) is 3.04. The van der Waals surface area contributed by atoms with Crippen molar-refractivity contribution < 1.29 is 23.8 Å². The second kappa shape index (κ2) is 15.2. The average molecular weight is 596 g/mol. The standard InChI is InChI=1S/C36H38FN3O4/c37-32-24-28(14-15-34(32)41)25-35(42)38-20-16-26-10-12-27(13-11-26)17-21-40-22-18-30(19-23-40)44-36(43)39-33-9-5-4-8-31(33)29-6-2-1-3-7-29/h1-15,24,30,41H,16-23,25H2,(H,38,42)(H,39,43). The summed E-state index contributed by atoms with van der Waals surface area (Å²) in [4.78, 5) is 27.3. The summed E-state index contributed by atoms with van der Waals surface area (Å²) in [6, 6.07) is 30.1. The third-order valence-corrected chi connectivity index (χ3v) is 7.91. The third-order valence-electron chi connectivity index (χ3n) is 7.91. The van der Waals surface area contributed by atoms with E-state index in [-0.39, 0.29) is 18.4 Å². The summed E-state index contributed by atoms with van der Waals surface area (Å²) in [5, 5.41) is 15.1. The number of phenols is 1. The van der Waals surface area contributed by atoms with E-state index in [1.54, 1.807) is 6.07 Å². The van der Waals surface area contributed by atoms with E-state index in [1.807, 2.05) is 54.6 Å². The fourth-order valence-electron chi connectivity index (χ4n) is 5.42. The normalized spacial score (nSPS) is 13.8. The first-order valence-electron chi connectivity index (χ1n) is 15.1. The van der Waals surface area contributed by atoms with Crippen molar-refractivity contribution in [3.63, 3.8) is 0 Å². The zero-order valence-corrected chi connectivity index (χ0v) is 24.7. The van der Waals surface area contributed by atoms with Gasteiger partial charge in [-0.25, -0.2) is 9.18 Å². The van der Waals surface area contributed by atoms with Crippen LogP contribution in [0.5, 0.6) is 5.75 Å². The molecule has 2 amide bonds. The minimum Gasteiger partial charge on any atom is -0.505 e. The maximum atomic E-state index is 13.5. The zero-order chi connectivity index (χ0) is 30.7. The van der Waals surface area contributed by atoms with E-state index in [2.05, 4.69) is 39.8 Å². The van der Waals surface area contributed by atoms with Gasteiger partial charge in [-0.3, -0.25) is 10.1 Å². The fraction of sp³-hybridized carbons (Fsp3) is 0.278. The van der Waals surface area contributed by atoms with Crippen molar-refractivity contribution in [2.45, 2.75) is 38.2 Å². The highest BCUT2D eigenvalue weighted by molar-refractivity contribution is 5.91. The van der Waals surface area contributed by atoms with E-state index in [4.69, 9.17) is 4.74 Å². The first-order valence-corrected chi connectivity index (χ1v) is 15.1. The molecule has 3 N–H and O–H groups in total. The molecule has 5 rings (SSSR count). The monoisotopic (exact) mass is 595 g/mol. The lowest BCUT2D eigenvalue weighted by Crippen LogP contribution is -2.39. The van der Waals surface area contributed by atoms with Crippen LogP contribution in [0.4, 0.5) is 14.9 Å². The van der Waals surface area contributed by atoms with E-state index in [9.17, 15) is 19.1 Å². The number of nitrogens with zero attached hydrogens (tertiary/aromatic N) is 1. The van der Waals surface area contributed by atoms with Crippen molar-refractivity contribution >= 4 is 17.7 Å². The van der Waals surface area contributed by atoms with Crippen molar-refractivity contribution in [1.29, 1.82) is 0 Å². The summed E-state index contributed by atoms with van der Waals surface area (Å²) in [5.41, 5.74) is 5.64. The molecule has 1 aliphatic rings. The maximum absolute atomic E-state index is 13.5. The van der Waals surface area contributed by atoms with Crippen LogP contribution in [0.3, 0.4) is 0 Å². The molecule has 0 radical (unpaired) electrons. The van der Waals surface area contributed by atoms with Crippen LogP contribution in [0.2, 0.25) is 0 Å². The predicted molar refractivity (Wildman–Crippen MR) is 170 cm³/mol. The molecule has 1 heterocycles. The van der Waals surface area contributed by atoms with Gasteiger partial charge in [0.1, 0.15) is 6.10 Å². The van der Waals surface area contributed by atoms with Crippen LogP contribution in [0.25, 0.3) is 11.1 Å². The number of rotatable bonds is 11. The number of halogens is 1. The Kier molecular flexibility index (Phi) is 10.6. The Morgan fingerprint density at radius 3 is 2.23 bits per heavy atom. The largest absolute Gasteiger partial charge is 0.505 e. The second-order valence-corrected chi connectivity index (χ2v) is 11.1. The summed E-state index contributed by atoms with van der Waals surface area (Å²) in [6.45, 7) is 3.20. The molecule has 0 bridgehead atoms. The van der Waals surface area contributed by atoms with Gasteiger partial charge >= 0.3 is 6.09 Å². The Morgan fingerprint density at radius 1 is 0.841 bits per heavy atom. The van der Waals surface area contributed by atoms with Crippen LogP contribution in [0, 0.1) is 5.82 Å². The molecule has 228 valence electrons. The van der Waals surface area contributed by atoms with Crippen LogP contribution in [0.15, 0.2) is 97.1 Å². The minimum atomic E-state index is -0.726. The maximum Gasteiger partial charge on any atom is 0.411 e. The van der Waals surface area contributed by atoms with Gasteiger partial charge in [0.15, 0.2) is 11.6 Å². The number of aromatic hydroxyl groups is 1. The van der Waals surface area contributed by atoms with Gasteiger partial charge in [0, 0.05) is 31.7 Å². The highest BCUT2D eigenvalue weighted by atomic mass is 19.1. The van der Waals surface area contributed by atoms with Gasteiger partial charge in [-0.05, 0) is 66.1 Å². The molecule has 44 heavy (non-hydrogen) atoms. The molecule has 1 saturated heterocycles. The quantitative estimate of drug-likeness (QED) is 0.188. The molecule has 0 saturated carbocycles.